The maximum absolute atomic E-state index is 6.20. The van der Waals surface area contributed by atoms with Crippen molar-refractivity contribution in [2.75, 3.05) is 30.5 Å². The van der Waals surface area contributed by atoms with Gasteiger partial charge in [0.2, 0.25) is 0 Å². The zero-order chi connectivity index (χ0) is 14.3. The van der Waals surface area contributed by atoms with Gasteiger partial charge in [-0.3, -0.25) is 0 Å². The van der Waals surface area contributed by atoms with Crippen molar-refractivity contribution in [3.8, 4) is 0 Å². The number of pyridine rings is 1. The topological polar surface area (TPSA) is 28.2 Å². The second-order valence-electron chi connectivity index (χ2n) is 4.69. The molecule has 1 rings (SSSR count). The summed E-state index contributed by atoms with van der Waals surface area (Å²) in [6.07, 6.45) is 3.24. The van der Waals surface area contributed by atoms with Gasteiger partial charge in [0.05, 0.1) is 10.7 Å². The van der Waals surface area contributed by atoms with Crippen LogP contribution in [0.3, 0.4) is 0 Å². The normalized spacial score (nSPS) is 12.5. The second-order valence-corrected chi connectivity index (χ2v) is 6.01. The lowest BCUT2D eigenvalue weighted by atomic mass is 10.3. The van der Waals surface area contributed by atoms with Gasteiger partial charge in [0, 0.05) is 25.4 Å². The van der Waals surface area contributed by atoms with Crippen LogP contribution in [0.4, 0.5) is 5.82 Å². The van der Waals surface area contributed by atoms with Crippen molar-refractivity contribution < 1.29 is 0 Å². The molecule has 0 radical (unpaired) electrons. The molecule has 0 amide bonds. The van der Waals surface area contributed by atoms with Gasteiger partial charge in [-0.15, -0.1) is 0 Å². The van der Waals surface area contributed by atoms with Gasteiger partial charge in [0.25, 0.3) is 0 Å². The van der Waals surface area contributed by atoms with Gasteiger partial charge in [-0.1, -0.05) is 18.5 Å². The van der Waals surface area contributed by atoms with Crippen LogP contribution in [-0.2, 0) is 6.54 Å². The molecule has 0 saturated carbocycles. The van der Waals surface area contributed by atoms with E-state index in [1.54, 1.807) is 0 Å². The number of hydrogen-bond donors (Lipinski definition) is 1. The molecule has 0 saturated heterocycles. The zero-order valence-corrected chi connectivity index (χ0v) is 13.8. The van der Waals surface area contributed by atoms with Crippen molar-refractivity contribution in [1.29, 1.82) is 0 Å². The van der Waals surface area contributed by atoms with Crippen molar-refractivity contribution in [2.24, 2.45) is 0 Å². The summed E-state index contributed by atoms with van der Waals surface area (Å²) in [5.41, 5.74) is 0.927. The van der Waals surface area contributed by atoms with Crippen LogP contribution < -0.4 is 10.2 Å². The fourth-order valence-corrected chi connectivity index (χ4v) is 2.63. The summed E-state index contributed by atoms with van der Waals surface area (Å²) >= 11 is 8.04. The average molecular weight is 302 g/mol. The monoisotopic (exact) mass is 301 g/mol. The Morgan fingerprint density at radius 3 is 2.84 bits per heavy atom. The van der Waals surface area contributed by atoms with Gasteiger partial charge < -0.3 is 10.2 Å². The van der Waals surface area contributed by atoms with Gasteiger partial charge in [0.1, 0.15) is 5.82 Å². The van der Waals surface area contributed by atoms with Crippen LogP contribution in [0, 0.1) is 0 Å². The Morgan fingerprint density at radius 1 is 1.47 bits per heavy atom. The highest BCUT2D eigenvalue weighted by Gasteiger charge is 2.12. The third kappa shape index (κ3) is 5.21. The summed E-state index contributed by atoms with van der Waals surface area (Å²) in [5.74, 6) is 2.07. The second kappa shape index (κ2) is 8.67. The minimum absolute atomic E-state index is 0.458. The van der Waals surface area contributed by atoms with E-state index in [1.807, 2.05) is 23.9 Å². The predicted molar refractivity (Wildman–Crippen MR) is 87.5 cm³/mol. The number of aromatic nitrogens is 1. The Hall–Kier alpha value is -0.450. The van der Waals surface area contributed by atoms with Gasteiger partial charge in [-0.2, -0.15) is 11.8 Å². The van der Waals surface area contributed by atoms with E-state index in [4.69, 9.17) is 11.6 Å². The standard InChI is InChI=1S/C14H24ClN3S/c1-5-8-16-9-13-12(15)6-7-14(17-13)18(3)11(2)10-19-4/h6-7,11,16H,5,8-10H2,1-4H3. The van der Waals surface area contributed by atoms with E-state index < -0.39 is 0 Å². The van der Waals surface area contributed by atoms with E-state index in [0.29, 0.717) is 6.04 Å². The molecule has 0 aliphatic rings. The molecule has 0 aliphatic carbocycles. The molecule has 1 atom stereocenters. The van der Waals surface area contributed by atoms with Crippen molar-refractivity contribution in [1.82, 2.24) is 10.3 Å². The van der Waals surface area contributed by atoms with Crippen LogP contribution in [-0.4, -0.2) is 36.6 Å². The first-order valence-corrected chi connectivity index (χ1v) is 8.45. The first-order chi connectivity index (χ1) is 9.10. The van der Waals surface area contributed by atoms with Crippen LogP contribution in [0.5, 0.6) is 0 Å². The minimum Gasteiger partial charge on any atom is -0.356 e. The molecule has 0 bridgehead atoms. The molecule has 5 heteroatoms. The molecular formula is C14H24ClN3S. The number of halogens is 1. The summed E-state index contributed by atoms with van der Waals surface area (Å²) in [7, 11) is 2.08. The molecule has 1 N–H and O–H groups in total. The van der Waals surface area contributed by atoms with Gasteiger partial charge in [0.15, 0.2) is 0 Å². The maximum atomic E-state index is 6.20. The molecule has 1 aromatic heterocycles. The molecular weight excluding hydrogens is 278 g/mol. The van der Waals surface area contributed by atoms with Crippen molar-refractivity contribution in [3.05, 3.63) is 22.8 Å². The average Bonchev–Trinajstić information content (AvgIpc) is 2.40. The maximum Gasteiger partial charge on any atom is 0.128 e. The highest BCUT2D eigenvalue weighted by atomic mass is 35.5. The lowest BCUT2D eigenvalue weighted by molar-refractivity contribution is 0.661. The smallest absolute Gasteiger partial charge is 0.128 e. The Morgan fingerprint density at radius 2 is 2.21 bits per heavy atom. The molecule has 0 spiro atoms. The number of thioether (sulfide) groups is 1. The number of rotatable bonds is 8. The Balaban J connectivity index is 2.76. The van der Waals surface area contributed by atoms with Gasteiger partial charge >= 0.3 is 0 Å². The first-order valence-electron chi connectivity index (χ1n) is 6.68. The minimum atomic E-state index is 0.458. The fourth-order valence-electron chi connectivity index (χ4n) is 1.76. The Labute approximate surface area is 126 Å². The molecule has 1 heterocycles. The van der Waals surface area contributed by atoms with Crippen LogP contribution in [0.2, 0.25) is 5.02 Å². The molecule has 19 heavy (non-hydrogen) atoms. The van der Waals surface area contributed by atoms with Crippen LogP contribution >= 0.6 is 23.4 Å². The number of nitrogens with one attached hydrogen (secondary N) is 1. The predicted octanol–water partition coefficient (Wildman–Crippen LogP) is 3.42. The quantitative estimate of drug-likeness (QED) is 0.745. The number of anilines is 1. The van der Waals surface area contributed by atoms with Crippen molar-refractivity contribution >= 4 is 29.2 Å². The summed E-state index contributed by atoms with van der Waals surface area (Å²) in [6, 6.07) is 4.39. The van der Waals surface area contributed by atoms with E-state index in [1.165, 1.54) is 0 Å². The molecule has 3 nitrogen and oxygen atoms in total. The SMILES string of the molecule is CCCNCc1nc(N(C)C(C)CSC)ccc1Cl. The largest absolute Gasteiger partial charge is 0.356 e. The summed E-state index contributed by atoms with van der Waals surface area (Å²) < 4.78 is 0. The summed E-state index contributed by atoms with van der Waals surface area (Å²) in [5, 5.41) is 4.08. The number of hydrogen-bond acceptors (Lipinski definition) is 4. The van der Waals surface area contributed by atoms with E-state index in [0.717, 1.165) is 41.8 Å². The van der Waals surface area contributed by atoms with Crippen LogP contribution in [0.25, 0.3) is 0 Å². The Kier molecular flexibility index (Phi) is 7.57. The van der Waals surface area contributed by atoms with E-state index in [-0.39, 0.29) is 0 Å². The lowest BCUT2D eigenvalue weighted by Gasteiger charge is -2.26. The van der Waals surface area contributed by atoms with E-state index in [9.17, 15) is 0 Å². The highest BCUT2D eigenvalue weighted by molar-refractivity contribution is 7.98. The third-order valence-corrected chi connectivity index (χ3v) is 4.21. The Bertz CT molecular complexity index is 387. The summed E-state index contributed by atoms with van der Waals surface area (Å²) in [6.45, 7) is 6.07. The van der Waals surface area contributed by atoms with Crippen LogP contribution in [0.15, 0.2) is 12.1 Å². The first kappa shape index (κ1) is 16.6. The third-order valence-electron chi connectivity index (χ3n) is 3.05. The zero-order valence-electron chi connectivity index (χ0n) is 12.2. The van der Waals surface area contributed by atoms with Gasteiger partial charge in [-0.05, 0) is 38.3 Å². The highest BCUT2D eigenvalue weighted by Crippen LogP contribution is 2.20. The molecule has 0 aromatic carbocycles. The van der Waals surface area contributed by atoms with Crippen LogP contribution in [0.1, 0.15) is 26.0 Å². The number of nitrogens with zero attached hydrogens (tertiary/aromatic N) is 2. The molecule has 1 unspecified atom stereocenters. The van der Waals surface area contributed by atoms with Gasteiger partial charge in [-0.25, -0.2) is 4.98 Å². The lowest BCUT2D eigenvalue weighted by Crippen LogP contribution is -2.31. The fraction of sp³-hybridized carbons (Fsp3) is 0.643. The van der Waals surface area contributed by atoms with Crippen molar-refractivity contribution in [3.63, 3.8) is 0 Å². The van der Waals surface area contributed by atoms with E-state index >= 15 is 0 Å². The molecule has 0 fully saturated rings. The van der Waals surface area contributed by atoms with Crippen molar-refractivity contribution in [2.45, 2.75) is 32.9 Å². The molecule has 1 aromatic rings. The molecule has 108 valence electrons. The van der Waals surface area contributed by atoms with E-state index in [2.05, 4.69) is 42.4 Å². The summed E-state index contributed by atoms with van der Waals surface area (Å²) in [4.78, 5) is 6.87. The molecule has 0 aliphatic heterocycles.